The Kier molecular flexibility index (Phi) is 10.5. The van der Waals surface area contributed by atoms with Gasteiger partial charge in [-0.25, -0.2) is 4.98 Å². The zero-order chi connectivity index (χ0) is 24.2. The van der Waals surface area contributed by atoms with E-state index in [1.165, 1.54) is 47.9 Å². The topological polar surface area (TPSA) is 68.4 Å². The van der Waals surface area contributed by atoms with Crippen molar-refractivity contribution < 1.29 is 9.84 Å². The zero-order valence-corrected chi connectivity index (χ0v) is 20.8. The lowest BCUT2D eigenvalue weighted by Gasteiger charge is -2.12. The summed E-state index contributed by atoms with van der Waals surface area (Å²) in [5, 5.41) is 8.54. The van der Waals surface area contributed by atoms with Gasteiger partial charge < -0.3 is 15.6 Å². The summed E-state index contributed by atoms with van der Waals surface area (Å²) in [7, 11) is 1.50. The Hall–Kier alpha value is -3.25. The molecule has 0 fully saturated rings. The molecule has 0 radical (unpaired) electrons. The lowest BCUT2D eigenvalue weighted by atomic mass is 10.0. The highest BCUT2D eigenvalue weighted by molar-refractivity contribution is 7.18. The Morgan fingerprint density at radius 3 is 2.52 bits per heavy atom. The second kappa shape index (κ2) is 13.3. The van der Waals surface area contributed by atoms with Crippen molar-refractivity contribution in [2.24, 2.45) is 5.73 Å². The van der Waals surface area contributed by atoms with E-state index in [1.807, 2.05) is 33.0 Å². The van der Waals surface area contributed by atoms with E-state index in [2.05, 4.69) is 53.8 Å². The molecule has 4 nitrogen and oxygen atoms in total. The number of hydrogen-bond donors (Lipinski definition) is 2. The molecule has 3 aromatic rings. The van der Waals surface area contributed by atoms with Crippen LogP contribution < -0.4 is 10.5 Å². The van der Waals surface area contributed by atoms with Crippen LogP contribution >= 0.6 is 11.3 Å². The van der Waals surface area contributed by atoms with Crippen molar-refractivity contribution in [1.29, 1.82) is 0 Å². The summed E-state index contributed by atoms with van der Waals surface area (Å²) in [5.41, 5.74) is 10.9. The number of aryl methyl sites for hydroxylation is 1. The standard InChI is InChI=1S/C24H23NOS.C3H4O.CH5N/c1-4-7-18-14-19(12-13-22(18)26-16(2)3)24-25-15-23(27-24)21-11-6-9-17-8-5-10-20(17)21;1-2-3-4;1-2/h6,9,11-16H,5,8,10H2,1-3H3;4H,1H3;2H2,1H3. The first-order valence-electron chi connectivity index (χ1n) is 11.0. The molecule has 0 bridgehead atoms. The minimum absolute atomic E-state index is 0.125. The van der Waals surface area contributed by atoms with Crippen molar-refractivity contribution in [1.82, 2.24) is 4.98 Å². The Morgan fingerprint density at radius 2 is 1.85 bits per heavy atom. The Morgan fingerprint density at radius 1 is 1.09 bits per heavy atom. The van der Waals surface area contributed by atoms with Crippen LogP contribution in [0.1, 0.15) is 50.8 Å². The third-order valence-electron chi connectivity index (χ3n) is 4.88. The van der Waals surface area contributed by atoms with Crippen LogP contribution in [0, 0.1) is 23.9 Å². The van der Waals surface area contributed by atoms with Gasteiger partial charge in [0.05, 0.1) is 16.5 Å². The second-order valence-electron chi connectivity index (χ2n) is 7.44. The molecule has 0 unspecified atom stereocenters. The summed E-state index contributed by atoms with van der Waals surface area (Å²) in [6.45, 7) is 7.48. The van der Waals surface area contributed by atoms with E-state index in [-0.39, 0.29) is 6.10 Å². The smallest absolute Gasteiger partial charge is 0.135 e. The van der Waals surface area contributed by atoms with Gasteiger partial charge in [-0.3, -0.25) is 0 Å². The minimum atomic E-state index is 0.125. The first-order valence-corrected chi connectivity index (χ1v) is 11.8. The number of hydrogen-bond acceptors (Lipinski definition) is 5. The Labute approximate surface area is 201 Å². The number of thiazole rings is 1. The molecule has 0 amide bonds. The van der Waals surface area contributed by atoms with E-state index >= 15 is 0 Å². The van der Waals surface area contributed by atoms with Crippen molar-refractivity contribution >= 4 is 11.3 Å². The molecule has 1 aliphatic rings. The van der Waals surface area contributed by atoms with Crippen LogP contribution in [0.2, 0.25) is 0 Å². The van der Waals surface area contributed by atoms with Crippen LogP contribution in [0.25, 0.3) is 21.0 Å². The molecule has 0 spiro atoms. The van der Waals surface area contributed by atoms with Crippen molar-refractivity contribution in [3.05, 3.63) is 59.3 Å². The van der Waals surface area contributed by atoms with E-state index in [4.69, 9.17) is 14.8 Å². The van der Waals surface area contributed by atoms with Gasteiger partial charge in [0, 0.05) is 18.7 Å². The SMILES string of the molecule is CC#CO.CC#Cc1cc(-c2ncc(-c3cccc4c3CCC4)s2)ccc1OC(C)C.CN. The number of aliphatic hydroxyl groups excluding tert-OH is 1. The lowest BCUT2D eigenvalue weighted by Crippen LogP contribution is -2.06. The van der Waals surface area contributed by atoms with Gasteiger partial charge in [0.15, 0.2) is 0 Å². The molecule has 1 aliphatic carbocycles. The molecule has 33 heavy (non-hydrogen) atoms. The molecule has 3 N–H and O–H groups in total. The molecule has 1 aromatic heterocycles. The summed E-state index contributed by atoms with van der Waals surface area (Å²) < 4.78 is 5.89. The highest BCUT2D eigenvalue weighted by Crippen LogP contribution is 2.38. The first kappa shape index (κ1) is 26.0. The van der Waals surface area contributed by atoms with E-state index in [1.54, 1.807) is 24.4 Å². The van der Waals surface area contributed by atoms with Crippen LogP contribution in [-0.4, -0.2) is 23.2 Å². The number of aliphatic hydroxyl groups is 1. The molecular formula is C28H32N2O2S. The number of nitrogens with two attached hydrogens (primary N) is 1. The average molecular weight is 461 g/mol. The maximum atomic E-state index is 7.51. The monoisotopic (exact) mass is 460 g/mol. The number of ether oxygens (including phenoxy) is 1. The van der Waals surface area contributed by atoms with Gasteiger partial charge in [-0.1, -0.05) is 30.0 Å². The maximum Gasteiger partial charge on any atom is 0.135 e. The van der Waals surface area contributed by atoms with Crippen molar-refractivity contribution in [3.8, 4) is 50.6 Å². The van der Waals surface area contributed by atoms with Crippen LogP contribution in [0.3, 0.4) is 0 Å². The van der Waals surface area contributed by atoms with Crippen molar-refractivity contribution in [2.45, 2.75) is 53.1 Å². The van der Waals surface area contributed by atoms with Crippen LogP contribution in [0.15, 0.2) is 42.6 Å². The summed E-state index contributed by atoms with van der Waals surface area (Å²) in [5.74, 6) is 9.22. The van der Waals surface area contributed by atoms with E-state index < -0.39 is 0 Å². The fourth-order valence-corrected chi connectivity index (χ4v) is 4.60. The molecule has 1 heterocycles. The molecule has 4 rings (SSSR count). The van der Waals surface area contributed by atoms with E-state index in [0.29, 0.717) is 0 Å². The predicted molar refractivity (Wildman–Crippen MR) is 139 cm³/mol. The number of aromatic nitrogens is 1. The van der Waals surface area contributed by atoms with Gasteiger partial charge in [0.1, 0.15) is 16.9 Å². The van der Waals surface area contributed by atoms with Crippen molar-refractivity contribution in [3.63, 3.8) is 0 Å². The quantitative estimate of drug-likeness (QED) is 0.466. The average Bonchev–Trinajstić information content (AvgIpc) is 3.51. The fourth-order valence-electron chi connectivity index (χ4n) is 3.63. The number of benzene rings is 2. The minimum Gasteiger partial charge on any atom is -0.490 e. The molecule has 0 aliphatic heterocycles. The van der Waals surface area contributed by atoms with E-state index in [9.17, 15) is 0 Å². The van der Waals surface area contributed by atoms with Gasteiger partial charge in [0.2, 0.25) is 0 Å². The highest BCUT2D eigenvalue weighted by atomic mass is 32.1. The largest absolute Gasteiger partial charge is 0.490 e. The molecular weight excluding hydrogens is 428 g/mol. The maximum absolute atomic E-state index is 7.51. The highest BCUT2D eigenvalue weighted by Gasteiger charge is 2.17. The third kappa shape index (κ3) is 6.86. The first-order chi connectivity index (χ1) is 16.1. The van der Waals surface area contributed by atoms with Gasteiger partial charge in [-0.05, 0) is 82.0 Å². The fraction of sp³-hybridized carbons (Fsp3) is 0.321. The summed E-state index contributed by atoms with van der Waals surface area (Å²) in [4.78, 5) is 5.95. The zero-order valence-electron chi connectivity index (χ0n) is 20.0. The summed E-state index contributed by atoms with van der Waals surface area (Å²) >= 11 is 1.75. The number of nitrogens with zero attached hydrogens (tertiary/aromatic N) is 1. The van der Waals surface area contributed by atoms with Gasteiger partial charge in [0.25, 0.3) is 0 Å². The van der Waals surface area contributed by atoms with Crippen LogP contribution in [-0.2, 0) is 12.8 Å². The molecule has 0 saturated heterocycles. The normalized spacial score (nSPS) is 10.9. The molecule has 0 atom stereocenters. The number of fused-ring (bicyclic) bond motifs is 1. The van der Waals surface area contributed by atoms with Gasteiger partial charge in [-0.2, -0.15) is 0 Å². The van der Waals surface area contributed by atoms with Crippen molar-refractivity contribution in [2.75, 3.05) is 7.05 Å². The molecule has 5 heteroatoms. The lowest BCUT2D eigenvalue weighted by molar-refractivity contribution is 0.242. The predicted octanol–water partition coefficient (Wildman–Crippen LogP) is 6.04. The molecule has 2 aromatic carbocycles. The summed E-state index contributed by atoms with van der Waals surface area (Å²) in [6, 6.07) is 12.8. The van der Waals surface area contributed by atoms with Gasteiger partial charge in [-0.15, -0.1) is 17.3 Å². The third-order valence-corrected chi connectivity index (χ3v) is 5.96. The summed E-state index contributed by atoms with van der Waals surface area (Å²) in [6.07, 6.45) is 7.45. The molecule has 0 saturated carbocycles. The Balaban J connectivity index is 0.000000582. The second-order valence-corrected chi connectivity index (χ2v) is 8.47. The van der Waals surface area contributed by atoms with Gasteiger partial charge >= 0.3 is 0 Å². The Bertz CT molecular complexity index is 1170. The molecule has 172 valence electrons. The van der Waals surface area contributed by atoms with Crippen LogP contribution in [0.4, 0.5) is 0 Å². The number of rotatable bonds is 4. The van der Waals surface area contributed by atoms with Crippen LogP contribution in [0.5, 0.6) is 5.75 Å². The van der Waals surface area contributed by atoms with E-state index in [0.717, 1.165) is 21.9 Å².